The molecule has 0 amide bonds. The Morgan fingerprint density at radius 3 is 2.30 bits per heavy atom. The van der Waals surface area contributed by atoms with Crippen LogP contribution in [0.2, 0.25) is 0 Å². The molecule has 0 saturated heterocycles. The van der Waals surface area contributed by atoms with Crippen LogP contribution >= 0.6 is 12.2 Å². The molecule has 2 heterocycles. The number of rotatable bonds is 7. The van der Waals surface area contributed by atoms with E-state index in [1.165, 1.54) is 0 Å². The van der Waals surface area contributed by atoms with Crippen LogP contribution in [0.4, 0.5) is 17.3 Å². The predicted octanol–water partition coefficient (Wildman–Crippen LogP) is 3.44. The zero-order valence-corrected chi connectivity index (χ0v) is 18.3. The zero-order chi connectivity index (χ0) is 21.7. The van der Waals surface area contributed by atoms with E-state index in [2.05, 4.69) is 25.6 Å². The fourth-order valence-corrected chi connectivity index (χ4v) is 2.91. The number of anilines is 3. The van der Waals surface area contributed by atoms with Crippen molar-refractivity contribution in [2.45, 2.75) is 6.92 Å². The number of hydrogen-bond donors (Lipinski definition) is 2. The lowest BCUT2D eigenvalue weighted by Crippen LogP contribution is -2.30. The molecule has 0 radical (unpaired) electrons. The fraction of sp³-hybridized carbons (Fsp3) is 0.300. The van der Waals surface area contributed by atoms with Gasteiger partial charge in [-0.3, -0.25) is 0 Å². The molecule has 1 aromatic carbocycles. The number of hydrogen-bond acceptors (Lipinski definition) is 8. The van der Waals surface area contributed by atoms with E-state index in [0.717, 1.165) is 6.54 Å². The molecule has 0 aliphatic carbocycles. The monoisotopic (exact) mass is 428 g/mol. The molecule has 0 saturated carbocycles. The van der Waals surface area contributed by atoms with Crippen LogP contribution in [0.15, 0.2) is 30.5 Å². The first-order chi connectivity index (χ1) is 14.5. The van der Waals surface area contributed by atoms with E-state index in [1.807, 2.05) is 31.0 Å². The maximum Gasteiger partial charge on any atom is 0.203 e. The molecule has 2 aromatic heterocycles. The average Bonchev–Trinajstić information content (AvgIpc) is 2.77. The molecule has 9 nitrogen and oxygen atoms in total. The van der Waals surface area contributed by atoms with Crippen LogP contribution in [0.3, 0.4) is 0 Å². The van der Waals surface area contributed by atoms with Crippen molar-refractivity contribution in [1.29, 1.82) is 0 Å². The summed E-state index contributed by atoms with van der Waals surface area (Å²) in [5, 5.41) is 6.90. The molecule has 0 aliphatic heterocycles. The van der Waals surface area contributed by atoms with Crippen LogP contribution in [0.1, 0.15) is 6.92 Å². The van der Waals surface area contributed by atoms with Gasteiger partial charge in [-0.2, -0.15) is 0 Å². The summed E-state index contributed by atoms with van der Waals surface area (Å²) in [4.78, 5) is 15.4. The minimum absolute atomic E-state index is 0.486. The van der Waals surface area contributed by atoms with Crippen LogP contribution < -0.4 is 24.8 Å². The fourth-order valence-electron chi connectivity index (χ4n) is 2.68. The summed E-state index contributed by atoms with van der Waals surface area (Å²) in [6, 6.07) is 7.24. The standard InChI is InChI=1S/C20H24N6O3S/c1-6-26(2)20(30)25-16-8-7-13-19(23-16)24-17(11-21-13)22-12-9-14(27-3)18(29-5)15(10-12)28-4/h7-11H,6H2,1-5H3,(H2,22,23,24,25,30). The van der Waals surface area contributed by atoms with Crippen LogP contribution in [0.5, 0.6) is 17.2 Å². The first-order valence-electron chi connectivity index (χ1n) is 9.22. The Balaban J connectivity index is 1.89. The lowest BCUT2D eigenvalue weighted by molar-refractivity contribution is 0.324. The summed E-state index contributed by atoms with van der Waals surface area (Å²) >= 11 is 5.35. The molecule has 10 heteroatoms. The zero-order valence-electron chi connectivity index (χ0n) is 17.5. The molecule has 0 aliphatic rings. The van der Waals surface area contributed by atoms with Crippen LogP contribution in [-0.4, -0.2) is 59.9 Å². The molecule has 2 N–H and O–H groups in total. The molecule has 158 valence electrons. The summed E-state index contributed by atoms with van der Waals surface area (Å²) in [5.41, 5.74) is 1.86. The Kier molecular flexibility index (Phi) is 6.68. The number of nitrogens with zero attached hydrogens (tertiary/aromatic N) is 4. The van der Waals surface area contributed by atoms with Crippen molar-refractivity contribution >= 4 is 45.8 Å². The van der Waals surface area contributed by atoms with Gasteiger partial charge in [-0.05, 0) is 31.3 Å². The van der Waals surface area contributed by atoms with Gasteiger partial charge < -0.3 is 29.7 Å². The number of nitrogens with one attached hydrogen (secondary N) is 2. The van der Waals surface area contributed by atoms with Gasteiger partial charge in [0, 0.05) is 31.4 Å². The second-order valence-corrected chi connectivity index (χ2v) is 6.66. The second kappa shape index (κ2) is 9.40. The molecule has 0 atom stereocenters. The van der Waals surface area contributed by atoms with Gasteiger partial charge in [0.25, 0.3) is 0 Å². The molecule has 0 spiro atoms. The van der Waals surface area contributed by atoms with E-state index in [4.69, 9.17) is 26.4 Å². The molecular weight excluding hydrogens is 404 g/mol. The van der Waals surface area contributed by atoms with Gasteiger partial charge in [0.05, 0.1) is 27.5 Å². The largest absolute Gasteiger partial charge is 0.493 e. The van der Waals surface area contributed by atoms with Crippen LogP contribution in [0, 0.1) is 0 Å². The molecule has 3 aromatic rings. The third-order valence-corrected chi connectivity index (χ3v) is 4.81. The minimum Gasteiger partial charge on any atom is -0.493 e. The van der Waals surface area contributed by atoms with Crippen LogP contribution in [-0.2, 0) is 0 Å². The van der Waals surface area contributed by atoms with Crippen molar-refractivity contribution < 1.29 is 14.2 Å². The Labute approximate surface area is 180 Å². The molecule has 0 fully saturated rings. The number of thiocarbonyl (C=S) groups is 1. The molecule has 0 bridgehead atoms. The Bertz CT molecular complexity index is 1040. The second-order valence-electron chi connectivity index (χ2n) is 6.28. The van der Waals surface area contributed by atoms with Crippen molar-refractivity contribution in [2.75, 3.05) is 45.6 Å². The highest BCUT2D eigenvalue weighted by atomic mass is 32.1. The predicted molar refractivity (Wildman–Crippen MR) is 121 cm³/mol. The quantitative estimate of drug-likeness (QED) is 0.545. The van der Waals surface area contributed by atoms with Gasteiger partial charge in [0.1, 0.15) is 11.3 Å². The van der Waals surface area contributed by atoms with Crippen LogP contribution in [0.25, 0.3) is 11.2 Å². The Morgan fingerprint density at radius 1 is 1.03 bits per heavy atom. The van der Waals surface area contributed by atoms with Gasteiger partial charge in [-0.15, -0.1) is 0 Å². The number of pyridine rings is 1. The lowest BCUT2D eigenvalue weighted by atomic mass is 10.2. The van der Waals surface area contributed by atoms with Gasteiger partial charge in [-0.25, -0.2) is 15.0 Å². The highest BCUT2D eigenvalue weighted by molar-refractivity contribution is 7.80. The highest BCUT2D eigenvalue weighted by Crippen LogP contribution is 2.40. The summed E-state index contributed by atoms with van der Waals surface area (Å²) in [7, 11) is 6.60. The smallest absolute Gasteiger partial charge is 0.203 e. The highest BCUT2D eigenvalue weighted by Gasteiger charge is 2.14. The summed E-state index contributed by atoms with van der Waals surface area (Å²) in [6.07, 6.45) is 1.63. The number of methoxy groups -OCH3 is 3. The van der Waals surface area contributed by atoms with Gasteiger partial charge in [0.2, 0.25) is 5.75 Å². The van der Waals surface area contributed by atoms with Crippen molar-refractivity contribution in [3.8, 4) is 17.2 Å². The molecule has 30 heavy (non-hydrogen) atoms. The lowest BCUT2D eigenvalue weighted by Gasteiger charge is -2.18. The Hall–Kier alpha value is -3.40. The van der Waals surface area contributed by atoms with Crippen molar-refractivity contribution in [1.82, 2.24) is 19.9 Å². The normalized spacial score (nSPS) is 10.4. The molecule has 0 unspecified atom stereocenters. The SMILES string of the molecule is CCN(C)C(=S)Nc1ccc2ncc(Nc3cc(OC)c(OC)c(OC)c3)nc2n1. The maximum atomic E-state index is 5.39. The topological polar surface area (TPSA) is 93.7 Å². The van der Waals surface area contributed by atoms with E-state index in [9.17, 15) is 0 Å². The Morgan fingerprint density at radius 2 is 1.70 bits per heavy atom. The number of ether oxygens (including phenoxy) is 3. The number of aromatic nitrogens is 3. The molecular formula is C20H24N6O3S. The first-order valence-corrected chi connectivity index (χ1v) is 9.62. The third-order valence-electron chi connectivity index (χ3n) is 4.40. The summed E-state index contributed by atoms with van der Waals surface area (Å²) in [6.45, 7) is 2.82. The van der Waals surface area contributed by atoms with Gasteiger partial charge in [-0.1, -0.05) is 0 Å². The average molecular weight is 429 g/mol. The van der Waals surface area contributed by atoms with E-state index < -0.39 is 0 Å². The van der Waals surface area contributed by atoms with E-state index in [1.54, 1.807) is 39.7 Å². The third kappa shape index (κ3) is 4.60. The minimum atomic E-state index is 0.486. The van der Waals surface area contributed by atoms with Gasteiger partial charge in [0.15, 0.2) is 28.1 Å². The molecule has 3 rings (SSSR count). The van der Waals surface area contributed by atoms with E-state index in [-0.39, 0.29) is 0 Å². The van der Waals surface area contributed by atoms with Crippen molar-refractivity contribution in [3.05, 3.63) is 30.5 Å². The number of fused-ring (bicyclic) bond motifs is 1. The summed E-state index contributed by atoms with van der Waals surface area (Å²) < 4.78 is 16.1. The maximum absolute atomic E-state index is 5.39. The first kappa shape index (κ1) is 21.3. The summed E-state index contributed by atoms with van der Waals surface area (Å²) in [5.74, 6) is 2.71. The van der Waals surface area contributed by atoms with Crippen molar-refractivity contribution in [2.24, 2.45) is 0 Å². The van der Waals surface area contributed by atoms with E-state index >= 15 is 0 Å². The van der Waals surface area contributed by atoms with Crippen molar-refractivity contribution in [3.63, 3.8) is 0 Å². The number of benzene rings is 1. The van der Waals surface area contributed by atoms with E-state index in [0.29, 0.717) is 50.8 Å². The van der Waals surface area contributed by atoms with Gasteiger partial charge >= 0.3 is 0 Å².